The first-order valence-corrected chi connectivity index (χ1v) is 10.8. The summed E-state index contributed by atoms with van der Waals surface area (Å²) in [5.41, 5.74) is 0.934. The number of hydrogen-bond acceptors (Lipinski definition) is 3. The third kappa shape index (κ3) is 10.5. The van der Waals surface area contributed by atoms with E-state index in [9.17, 15) is 14.7 Å². The molecule has 0 bridgehead atoms. The fourth-order valence-corrected chi connectivity index (χ4v) is 2.99. The average molecular weight is 399 g/mol. The minimum Gasteiger partial charge on any atom is -0.477 e. The van der Waals surface area contributed by atoms with Gasteiger partial charge < -0.3 is 9.84 Å². The van der Waals surface area contributed by atoms with E-state index in [1.807, 2.05) is 12.1 Å². The van der Waals surface area contributed by atoms with Crippen LogP contribution < -0.4 is 0 Å². The van der Waals surface area contributed by atoms with E-state index in [-0.39, 0.29) is 12.2 Å². The van der Waals surface area contributed by atoms with E-state index in [0.717, 1.165) is 12.8 Å². The van der Waals surface area contributed by atoms with Crippen LogP contribution in [0.15, 0.2) is 29.8 Å². The molecule has 4 nitrogen and oxygen atoms in total. The molecule has 0 aliphatic heterocycles. The largest absolute Gasteiger partial charge is 0.477 e. The predicted molar refractivity (Wildman–Crippen MR) is 117 cm³/mol. The smallest absolute Gasteiger partial charge is 0.345 e. The normalized spacial score (nSPS) is 10.9. The van der Waals surface area contributed by atoms with Crippen molar-refractivity contribution in [3.05, 3.63) is 41.0 Å². The molecule has 0 aliphatic carbocycles. The summed E-state index contributed by atoms with van der Waals surface area (Å²) in [6, 6.07) is 7.23. The molecular weight excluding hydrogens is 364 g/mol. The molecule has 0 amide bonds. The summed E-state index contributed by atoms with van der Waals surface area (Å²) in [6.07, 6.45) is 13.7. The number of carboxylic acid groups (broad SMARTS) is 1. The third-order valence-electron chi connectivity index (χ3n) is 4.61. The van der Waals surface area contributed by atoms with Gasteiger partial charge in [0.1, 0.15) is 5.57 Å². The molecular formula is C25H34O4. The maximum atomic E-state index is 11.9. The van der Waals surface area contributed by atoms with Crippen molar-refractivity contribution in [3.8, 4) is 11.8 Å². The number of carbonyl (C=O) groups excluding carboxylic acids is 1. The Morgan fingerprint density at radius 2 is 1.59 bits per heavy atom. The molecule has 0 heterocycles. The molecule has 0 unspecified atom stereocenters. The highest BCUT2D eigenvalue weighted by molar-refractivity contribution is 6.17. The summed E-state index contributed by atoms with van der Waals surface area (Å²) in [7, 11) is 0. The van der Waals surface area contributed by atoms with Crippen molar-refractivity contribution in [1.29, 1.82) is 0 Å². The third-order valence-corrected chi connectivity index (χ3v) is 4.61. The van der Waals surface area contributed by atoms with Crippen LogP contribution in [-0.2, 0) is 14.3 Å². The van der Waals surface area contributed by atoms with Gasteiger partial charge in [0, 0.05) is 12.0 Å². The molecule has 4 heteroatoms. The Morgan fingerprint density at radius 1 is 0.966 bits per heavy atom. The Bertz CT molecular complexity index is 722. The first-order chi connectivity index (χ1) is 14.1. The monoisotopic (exact) mass is 398 g/mol. The Kier molecular flexibility index (Phi) is 13.0. The van der Waals surface area contributed by atoms with Crippen molar-refractivity contribution in [2.75, 3.05) is 6.61 Å². The zero-order valence-electron chi connectivity index (χ0n) is 17.8. The van der Waals surface area contributed by atoms with E-state index in [2.05, 4.69) is 18.8 Å². The summed E-state index contributed by atoms with van der Waals surface area (Å²) in [4.78, 5) is 23.2. The first kappa shape index (κ1) is 24.5. The fraction of sp³-hybridized carbons (Fsp3) is 0.520. The Labute approximate surface area is 175 Å². The molecule has 1 N–H and O–H groups in total. The maximum absolute atomic E-state index is 11.9. The van der Waals surface area contributed by atoms with Crippen molar-refractivity contribution in [2.24, 2.45) is 0 Å². The number of benzene rings is 1. The molecule has 0 fully saturated rings. The van der Waals surface area contributed by atoms with Crippen LogP contribution in [0.3, 0.4) is 0 Å². The number of hydrogen-bond donors (Lipinski definition) is 1. The Morgan fingerprint density at radius 3 is 2.21 bits per heavy atom. The van der Waals surface area contributed by atoms with Crippen molar-refractivity contribution < 1.29 is 19.4 Å². The van der Waals surface area contributed by atoms with Crippen LogP contribution in [0, 0.1) is 11.8 Å². The molecule has 0 saturated heterocycles. The van der Waals surface area contributed by atoms with Crippen LogP contribution in [0.5, 0.6) is 0 Å². The Hall–Kier alpha value is -2.54. The SMILES string of the molecule is CCCCCCCCCCCC#Cc1ccccc1C=C(C(=O)O)C(=O)OCC. The van der Waals surface area contributed by atoms with Gasteiger partial charge in [-0.1, -0.05) is 88.3 Å². The molecule has 0 saturated carbocycles. The second-order valence-electron chi connectivity index (χ2n) is 7.05. The molecule has 1 aromatic carbocycles. The summed E-state index contributed by atoms with van der Waals surface area (Å²) >= 11 is 0. The molecule has 29 heavy (non-hydrogen) atoms. The van der Waals surface area contributed by atoms with Crippen LogP contribution in [0.2, 0.25) is 0 Å². The van der Waals surface area contributed by atoms with Crippen molar-refractivity contribution in [2.45, 2.75) is 78.1 Å². The van der Waals surface area contributed by atoms with Gasteiger partial charge in [-0.3, -0.25) is 0 Å². The van der Waals surface area contributed by atoms with E-state index in [1.165, 1.54) is 57.4 Å². The zero-order chi connectivity index (χ0) is 21.3. The minimum atomic E-state index is -1.30. The highest BCUT2D eigenvalue weighted by atomic mass is 16.5. The van der Waals surface area contributed by atoms with Crippen LogP contribution >= 0.6 is 0 Å². The summed E-state index contributed by atoms with van der Waals surface area (Å²) < 4.78 is 4.83. The van der Waals surface area contributed by atoms with Gasteiger partial charge in [-0.05, 0) is 31.1 Å². The van der Waals surface area contributed by atoms with Crippen LogP contribution in [0.1, 0.15) is 89.2 Å². The number of unbranched alkanes of at least 4 members (excludes halogenated alkanes) is 9. The number of carbonyl (C=O) groups is 2. The summed E-state index contributed by atoms with van der Waals surface area (Å²) in [5.74, 6) is 4.15. The maximum Gasteiger partial charge on any atom is 0.345 e. The molecule has 1 aromatic rings. The van der Waals surface area contributed by atoms with E-state index >= 15 is 0 Å². The lowest BCUT2D eigenvalue weighted by atomic mass is 10.0. The van der Waals surface area contributed by atoms with Gasteiger partial charge in [0.15, 0.2) is 0 Å². The van der Waals surface area contributed by atoms with Gasteiger partial charge in [-0.2, -0.15) is 0 Å². The van der Waals surface area contributed by atoms with Crippen molar-refractivity contribution in [1.82, 2.24) is 0 Å². The van der Waals surface area contributed by atoms with Gasteiger partial charge >= 0.3 is 11.9 Å². The fourth-order valence-electron chi connectivity index (χ4n) is 2.99. The number of ether oxygens (including phenoxy) is 1. The second kappa shape index (κ2) is 15.4. The van der Waals surface area contributed by atoms with Gasteiger partial charge in [-0.25, -0.2) is 9.59 Å². The molecule has 158 valence electrons. The lowest BCUT2D eigenvalue weighted by Gasteiger charge is -2.04. The van der Waals surface area contributed by atoms with E-state index in [4.69, 9.17) is 4.74 Å². The first-order valence-electron chi connectivity index (χ1n) is 10.8. The molecule has 0 aromatic heterocycles. The summed E-state index contributed by atoms with van der Waals surface area (Å²) in [6.45, 7) is 4.01. The van der Waals surface area contributed by atoms with Gasteiger partial charge in [-0.15, -0.1) is 0 Å². The molecule has 0 spiro atoms. The molecule has 0 radical (unpaired) electrons. The highest BCUT2D eigenvalue weighted by Gasteiger charge is 2.19. The van der Waals surface area contributed by atoms with E-state index in [0.29, 0.717) is 11.1 Å². The quantitative estimate of drug-likeness (QED) is 0.111. The number of esters is 1. The zero-order valence-corrected chi connectivity index (χ0v) is 17.8. The van der Waals surface area contributed by atoms with Gasteiger partial charge in [0.25, 0.3) is 0 Å². The minimum absolute atomic E-state index is 0.129. The van der Waals surface area contributed by atoms with Gasteiger partial charge in [0.2, 0.25) is 0 Å². The number of rotatable bonds is 13. The van der Waals surface area contributed by atoms with E-state index in [1.54, 1.807) is 19.1 Å². The number of carboxylic acids is 1. The van der Waals surface area contributed by atoms with Crippen molar-refractivity contribution >= 4 is 18.0 Å². The average Bonchev–Trinajstić information content (AvgIpc) is 2.71. The number of aliphatic carboxylic acids is 1. The van der Waals surface area contributed by atoms with Crippen LogP contribution in [0.25, 0.3) is 6.08 Å². The van der Waals surface area contributed by atoms with Crippen LogP contribution in [0.4, 0.5) is 0 Å². The standard InChI is InChI=1S/C25H34O4/c1-3-5-6-7-8-9-10-11-12-13-14-17-21-18-15-16-19-22(21)20-23(24(26)27)25(28)29-4-2/h15-16,18-20H,3-13H2,1-2H3,(H,26,27). The highest BCUT2D eigenvalue weighted by Crippen LogP contribution is 2.14. The Balaban J connectivity index is 2.55. The van der Waals surface area contributed by atoms with Crippen molar-refractivity contribution in [3.63, 3.8) is 0 Å². The molecule has 0 atom stereocenters. The lowest BCUT2D eigenvalue weighted by molar-refractivity contribution is -0.143. The topological polar surface area (TPSA) is 63.6 Å². The summed E-state index contributed by atoms with van der Waals surface area (Å²) in [5, 5.41) is 9.29. The molecule has 0 aliphatic rings. The van der Waals surface area contributed by atoms with E-state index < -0.39 is 11.9 Å². The lowest BCUT2D eigenvalue weighted by Crippen LogP contribution is -2.15. The molecule has 1 rings (SSSR count). The second-order valence-corrected chi connectivity index (χ2v) is 7.05. The van der Waals surface area contributed by atoms with Gasteiger partial charge in [0.05, 0.1) is 6.61 Å². The predicted octanol–water partition coefficient (Wildman–Crippen LogP) is 5.99. The van der Waals surface area contributed by atoms with Crippen LogP contribution in [-0.4, -0.2) is 23.7 Å².